The van der Waals surface area contributed by atoms with E-state index in [1.54, 1.807) is 20.2 Å². The molecule has 0 spiro atoms. The molecule has 1 saturated heterocycles. The van der Waals surface area contributed by atoms with E-state index in [9.17, 15) is 13.2 Å². The molecule has 3 rings (SSSR count). The lowest BCUT2D eigenvalue weighted by Gasteiger charge is -2.37. The van der Waals surface area contributed by atoms with Crippen LogP contribution in [0.5, 0.6) is 11.6 Å². The third-order valence-electron chi connectivity index (χ3n) is 4.84. The zero-order valence-electron chi connectivity index (χ0n) is 17.9. The molecular weight excluding hydrogens is 538 g/mol. The molecule has 0 unspecified atom stereocenters. The Labute approximate surface area is 202 Å². The lowest BCUT2D eigenvalue weighted by atomic mass is 10.2. The highest BCUT2D eigenvalue weighted by Gasteiger charge is 2.28. The number of alkyl halides is 3. The first-order chi connectivity index (χ1) is 14.9. The lowest BCUT2D eigenvalue weighted by molar-refractivity contribution is -0.154. The van der Waals surface area contributed by atoms with Gasteiger partial charge in [-0.05, 0) is 17.7 Å². The zero-order chi connectivity index (χ0) is 22.3. The summed E-state index contributed by atoms with van der Waals surface area (Å²) in [5.41, 5.74) is 1.94. The van der Waals surface area contributed by atoms with Crippen molar-refractivity contribution < 1.29 is 22.6 Å². The topological polar surface area (TPSA) is 62.2 Å². The number of benzene rings is 1. The molecule has 1 aromatic heterocycles. The summed E-state index contributed by atoms with van der Waals surface area (Å²) < 4.78 is 46.6. The Morgan fingerprint density at radius 1 is 1.16 bits per heavy atom. The molecule has 0 saturated carbocycles. The molecule has 0 amide bonds. The number of nitrogens with zero attached hydrogens (tertiary/aromatic N) is 4. The number of nitrogens with one attached hydrogen (secondary N) is 1. The van der Waals surface area contributed by atoms with Crippen LogP contribution < -0.4 is 19.7 Å². The first-order valence-corrected chi connectivity index (χ1v) is 9.87. The number of aliphatic imine (C=N–C) groups is 1. The summed E-state index contributed by atoms with van der Waals surface area (Å²) in [7, 11) is 3.38. The molecule has 11 heteroatoms. The number of ether oxygens (including phenoxy) is 2. The van der Waals surface area contributed by atoms with E-state index in [0.717, 1.165) is 49.1 Å². The number of guanidine groups is 1. The van der Waals surface area contributed by atoms with Gasteiger partial charge < -0.3 is 24.6 Å². The molecule has 1 aliphatic rings. The van der Waals surface area contributed by atoms with Crippen LogP contribution in [0.15, 0.2) is 47.6 Å². The van der Waals surface area contributed by atoms with Gasteiger partial charge in [0.15, 0.2) is 12.6 Å². The van der Waals surface area contributed by atoms with Crippen LogP contribution in [0.1, 0.15) is 5.56 Å². The summed E-state index contributed by atoms with van der Waals surface area (Å²) in [6.45, 7) is 2.40. The summed E-state index contributed by atoms with van der Waals surface area (Å²) in [5, 5.41) is 3.28. The number of rotatable bonds is 6. The molecule has 1 aromatic carbocycles. The fourth-order valence-corrected chi connectivity index (χ4v) is 3.25. The average Bonchev–Trinajstić information content (AvgIpc) is 2.79. The van der Waals surface area contributed by atoms with Gasteiger partial charge in [0.05, 0.1) is 7.11 Å². The molecule has 176 valence electrons. The quantitative estimate of drug-likeness (QED) is 0.329. The molecular formula is C21H27F3IN5O2. The van der Waals surface area contributed by atoms with Crippen LogP contribution in [0.3, 0.4) is 0 Å². The van der Waals surface area contributed by atoms with Crippen LogP contribution in [0.25, 0.3) is 0 Å². The number of hydrogen-bond acceptors (Lipinski definition) is 5. The Bertz CT molecular complexity index is 872. The molecule has 0 aliphatic carbocycles. The van der Waals surface area contributed by atoms with Gasteiger partial charge in [-0.2, -0.15) is 13.2 Å². The van der Waals surface area contributed by atoms with Gasteiger partial charge in [-0.3, -0.25) is 4.99 Å². The minimum atomic E-state index is -4.38. The fraction of sp³-hybridized carbons (Fsp3) is 0.429. The maximum absolute atomic E-state index is 12.2. The molecule has 0 atom stereocenters. The standard InChI is InChI=1S/C21H26F3N5O2.HI/c1-25-20(27-14-16-6-7-19(26-13-16)31-15-21(22,23)24)29-10-8-28(9-11-29)17-4-3-5-18(12-17)30-2;/h3-7,12-13H,8-11,14-15H2,1-2H3,(H,25,27);1H. The number of halogens is 4. The monoisotopic (exact) mass is 565 g/mol. The first-order valence-electron chi connectivity index (χ1n) is 9.87. The van der Waals surface area contributed by atoms with E-state index in [-0.39, 0.29) is 29.9 Å². The van der Waals surface area contributed by atoms with Crippen LogP contribution in [0.4, 0.5) is 18.9 Å². The van der Waals surface area contributed by atoms with E-state index in [1.807, 2.05) is 18.2 Å². The van der Waals surface area contributed by atoms with Gasteiger partial charge in [0, 0.05) is 63.8 Å². The molecule has 32 heavy (non-hydrogen) atoms. The first kappa shape index (κ1) is 25.8. The zero-order valence-corrected chi connectivity index (χ0v) is 20.3. The average molecular weight is 565 g/mol. The summed E-state index contributed by atoms with van der Waals surface area (Å²) in [6.07, 6.45) is -2.89. The number of piperazine rings is 1. The Kier molecular flexibility index (Phi) is 9.66. The smallest absolute Gasteiger partial charge is 0.422 e. The van der Waals surface area contributed by atoms with E-state index in [1.165, 1.54) is 12.3 Å². The van der Waals surface area contributed by atoms with E-state index < -0.39 is 12.8 Å². The van der Waals surface area contributed by atoms with Crippen LogP contribution in [0.2, 0.25) is 0 Å². The number of methoxy groups -OCH3 is 1. The van der Waals surface area contributed by atoms with Crippen molar-refractivity contribution in [2.45, 2.75) is 12.7 Å². The molecule has 1 aliphatic heterocycles. The highest BCUT2D eigenvalue weighted by atomic mass is 127. The molecule has 2 heterocycles. The van der Waals surface area contributed by atoms with Gasteiger partial charge in [-0.25, -0.2) is 4.98 Å². The number of hydrogen-bond donors (Lipinski definition) is 1. The van der Waals surface area contributed by atoms with Gasteiger partial charge >= 0.3 is 6.18 Å². The molecule has 1 fully saturated rings. The van der Waals surface area contributed by atoms with Crippen molar-refractivity contribution in [1.82, 2.24) is 15.2 Å². The molecule has 0 bridgehead atoms. The van der Waals surface area contributed by atoms with Crippen molar-refractivity contribution >= 4 is 35.6 Å². The third-order valence-corrected chi connectivity index (χ3v) is 4.84. The summed E-state index contributed by atoms with van der Waals surface area (Å²) in [4.78, 5) is 12.7. The van der Waals surface area contributed by atoms with Crippen molar-refractivity contribution in [2.75, 3.05) is 51.8 Å². The number of anilines is 1. The highest BCUT2D eigenvalue weighted by molar-refractivity contribution is 14.0. The van der Waals surface area contributed by atoms with Crippen LogP contribution >= 0.6 is 24.0 Å². The second-order valence-electron chi connectivity index (χ2n) is 6.98. The molecule has 1 N–H and O–H groups in total. The maximum Gasteiger partial charge on any atom is 0.422 e. The Morgan fingerprint density at radius 3 is 2.50 bits per heavy atom. The number of pyridine rings is 1. The summed E-state index contributed by atoms with van der Waals surface area (Å²) in [5.74, 6) is 1.54. The predicted molar refractivity (Wildman–Crippen MR) is 128 cm³/mol. The van der Waals surface area contributed by atoms with Crippen molar-refractivity contribution in [3.05, 3.63) is 48.2 Å². The van der Waals surface area contributed by atoms with E-state index in [2.05, 4.69) is 35.9 Å². The van der Waals surface area contributed by atoms with Crippen molar-refractivity contribution in [3.63, 3.8) is 0 Å². The molecule has 0 radical (unpaired) electrons. The molecule has 2 aromatic rings. The third kappa shape index (κ3) is 7.61. The van der Waals surface area contributed by atoms with Gasteiger partial charge in [-0.15, -0.1) is 24.0 Å². The highest BCUT2D eigenvalue weighted by Crippen LogP contribution is 2.22. The van der Waals surface area contributed by atoms with Gasteiger partial charge in [0.2, 0.25) is 5.88 Å². The lowest BCUT2D eigenvalue weighted by Crippen LogP contribution is -2.52. The SMILES string of the molecule is CN=C(NCc1ccc(OCC(F)(F)F)nc1)N1CCN(c2cccc(OC)c2)CC1.I. The maximum atomic E-state index is 12.2. The van der Waals surface area contributed by atoms with Crippen LogP contribution in [0, 0.1) is 0 Å². The van der Waals surface area contributed by atoms with Gasteiger partial charge in [0.25, 0.3) is 0 Å². The van der Waals surface area contributed by atoms with Crippen LogP contribution in [-0.2, 0) is 6.54 Å². The minimum Gasteiger partial charge on any atom is -0.497 e. The van der Waals surface area contributed by atoms with E-state index in [4.69, 9.17) is 4.74 Å². The number of aromatic nitrogens is 1. The van der Waals surface area contributed by atoms with Crippen molar-refractivity contribution in [1.29, 1.82) is 0 Å². The van der Waals surface area contributed by atoms with Gasteiger partial charge in [-0.1, -0.05) is 12.1 Å². The Morgan fingerprint density at radius 2 is 1.91 bits per heavy atom. The normalized spacial score (nSPS) is 14.6. The minimum absolute atomic E-state index is 0. The second-order valence-corrected chi connectivity index (χ2v) is 6.98. The van der Waals surface area contributed by atoms with E-state index >= 15 is 0 Å². The summed E-state index contributed by atoms with van der Waals surface area (Å²) >= 11 is 0. The fourth-order valence-electron chi connectivity index (χ4n) is 3.25. The predicted octanol–water partition coefficient (Wildman–Crippen LogP) is 3.55. The summed E-state index contributed by atoms with van der Waals surface area (Å²) in [6, 6.07) is 11.1. The largest absolute Gasteiger partial charge is 0.497 e. The van der Waals surface area contributed by atoms with Crippen molar-refractivity contribution in [2.24, 2.45) is 4.99 Å². The second kappa shape index (κ2) is 12.0. The van der Waals surface area contributed by atoms with Crippen LogP contribution in [-0.4, -0.2) is 69.0 Å². The molecule has 7 nitrogen and oxygen atoms in total. The van der Waals surface area contributed by atoms with Crippen molar-refractivity contribution in [3.8, 4) is 11.6 Å². The van der Waals surface area contributed by atoms with Gasteiger partial charge in [0.1, 0.15) is 5.75 Å². The Hall–Kier alpha value is -2.44. The Balaban J connectivity index is 0.00000363. The van der Waals surface area contributed by atoms with E-state index in [0.29, 0.717) is 6.54 Å².